The Morgan fingerprint density at radius 1 is 1.28 bits per heavy atom. The molecule has 0 bridgehead atoms. The molecule has 2 aliphatic carbocycles. The van der Waals surface area contributed by atoms with Crippen LogP contribution < -0.4 is 5.32 Å². The van der Waals surface area contributed by atoms with Crippen molar-refractivity contribution in [3.8, 4) is 0 Å². The Morgan fingerprint density at radius 2 is 2.11 bits per heavy atom. The predicted octanol–water partition coefficient (Wildman–Crippen LogP) is 3.02. The lowest BCUT2D eigenvalue weighted by molar-refractivity contribution is 0.252. The largest absolute Gasteiger partial charge is 0.311 e. The summed E-state index contributed by atoms with van der Waals surface area (Å²) in [6.07, 6.45) is 5.84. The van der Waals surface area contributed by atoms with E-state index in [2.05, 4.69) is 29.3 Å². The van der Waals surface area contributed by atoms with Crippen molar-refractivity contribution in [1.82, 2.24) is 10.2 Å². The fraction of sp³-hybridized carbons (Fsp3) is 0.733. The first-order chi connectivity index (χ1) is 8.81. The van der Waals surface area contributed by atoms with Gasteiger partial charge >= 0.3 is 0 Å². The van der Waals surface area contributed by atoms with E-state index in [0.717, 1.165) is 25.0 Å². The molecule has 0 amide bonds. The summed E-state index contributed by atoms with van der Waals surface area (Å²) in [5.74, 6) is 1.03. The molecule has 1 aromatic rings. The maximum absolute atomic E-state index is 3.59. The minimum atomic E-state index is 0.927. The van der Waals surface area contributed by atoms with Crippen LogP contribution in [0.3, 0.4) is 0 Å². The van der Waals surface area contributed by atoms with E-state index >= 15 is 0 Å². The third kappa shape index (κ3) is 3.81. The number of hydrogen-bond donors (Lipinski definition) is 1. The van der Waals surface area contributed by atoms with Crippen LogP contribution in [0, 0.1) is 12.8 Å². The number of nitrogens with one attached hydrogen (secondary N) is 1. The van der Waals surface area contributed by atoms with Gasteiger partial charge in [0, 0.05) is 42.0 Å². The van der Waals surface area contributed by atoms with E-state index in [1.54, 1.807) is 0 Å². The summed E-state index contributed by atoms with van der Waals surface area (Å²) in [4.78, 5) is 5.61. The Morgan fingerprint density at radius 3 is 2.72 bits per heavy atom. The molecule has 0 radical (unpaired) electrons. The normalized spacial score (nSPS) is 19.7. The average Bonchev–Trinajstić information content (AvgIpc) is 3.23. The SMILES string of the molecule is Cc1ccc(CNCCN(CC2CC2)C2CC2)s1. The van der Waals surface area contributed by atoms with Gasteiger partial charge in [-0.2, -0.15) is 0 Å². The number of nitrogens with zero attached hydrogens (tertiary/aromatic N) is 1. The lowest BCUT2D eigenvalue weighted by Gasteiger charge is -2.21. The van der Waals surface area contributed by atoms with Gasteiger partial charge in [-0.3, -0.25) is 4.90 Å². The molecular weight excluding hydrogens is 240 g/mol. The zero-order chi connectivity index (χ0) is 12.4. The van der Waals surface area contributed by atoms with Crippen molar-refractivity contribution in [3.63, 3.8) is 0 Å². The summed E-state index contributed by atoms with van der Waals surface area (Å²) in [7, 11) is 0. The molecule has 18 heavy (non-hydrogen) atoms. The highest BCUT2D eigenvalue weighted by molar-refractivity contribution is 7.11. The summed E-state index contributed by atoms with van der Waals surface area (Å²) in [5, 5.41) is 3.59. The van der Waals surface area contributed by atoms with E-state index in [0.29, 0.717) is 0 Å². The number of rotatable bonds is 8. The Labute approximate surface area is 114 Å². The monoisotopic (exact) mass is 264 g/mol. The summed E-state index contributed by atoms with van der Waals surface area (Å²) < 4.78 is 0. The van der Waals surface area contributed by atoms with E-state index in [1.165, 1.54) is 48.5 Å². The van der Waals surface area contributed by atoms with Crippen molar-refractivity contribution >= 4 is 11.3 Å². The van der Waals surface area contributed by atoms with Gasteiger partial charge in [0.2, 0.25) is 0 Å². The second-order valence-electron chi connectivity index (χ2n) is 5.86. The van der Waals surface area contributed by atoms with Crippen LogP contribution in [0.25, 0.3) is 0 Å². The summed E-state index contributed by atoms with van der Waals surface area (Å²) in [5.41, 5.74) is 0. The maximum Gasteiger partial charge on any atom is 0.0300 e. The Hall–Kier alpha value is -0.380. The van der Waals surface area contributed by atoms with Crippen LogP contribution in [0.5, 0.6) is 0 Å². The van der Waals surface area contributed by atoms with Gasteiger partial charge in [0.05, 0.1) is 0 Å². The molecule has 3 heteroatoms. The predicted molar refractivity (Wildman–Crippen MR) is 78.1 cm³/mol. The Balaban J connectivity index is 1.34. The number of hydrogen-bond acceptors (Lipinski definition) is 3. The lowest BCUT2D eigenvalue weighted by atomic mass is 10.3. The second kappa shape index (κ2) is 5.72. The van der Waals surface area contributed by atoms with Gasteiger partial charge in [-0.15, -0.1) is 11.3 Å². The summed E-state index contributed by atoms with van der Waals surface area (Å²) in [6.45, 7) is 6.97. The van der Waals surface area contributed by atoms with Gasteiger partial charge in [0.15, 0.2) is 0 Å². The highest BCUT2D eigenvalue weighted by Gasteiger charge is 2.32. The van der Waals surface area contributed by atoms with Crippen molar-refractivity contribution in [3.05, 3.63) is 21.9 Å². The van der Waals surface area contributed by atoms with Gasteiger partial charge in [0.1, 0.15) is 0 Å². The highest BCUT2D eigenvalue weighted by Crippen LogP contribution is 2.34. The zero-order valence-corrected chi connectivity index (χ0v) is 12.1. The highest BCUT2D eigenvalue weighted by atomic mass is 32.1. The topological polar surface area (TPSA) is 15.3 Å². The standard InChI is InChI=1S/C15H24N2S/c1-12-2-7-15(18-12)10-16-8-9-17(14-5-6-14)11-13-3-4-13/h2,7,13-14,16H,3-6,8-11H2,1H3. The maximum atomic E-state index is 3.59. The molecule has 1 N–H and O–H groups in total. The molecule has 0 aromatic carbocycles. The molecule has 0 unspecified atom stereocenters. The van der Waals surface area contributed by atoms with Gasteiger partial charge in [0.25, 0.3) is 0 Å². The molecule has 0 saturated heterocycles. The molecule has 0 spiro atoms. The molecule has 2 fully saturated rings. The third-order valence-corrected chi connectivity index (χ3v) is 4.92. The molecule has 1 aromatic heterocycles. The van der Waals surface area contributed by atoms with Crippen LogP contribution in [0.1, 0.15) is 35.4 Å². The van der Waals surface area contributed by atoms with Crippen LogP contribution >= 0.6 is 11.3 Å². The van der Waals surface area contributed by atoms with Crippen molar-refractivity contribution in [2.75, 3.05) is 19.6 Å². The Kier molecular flexibility index (Phi) is 4.02. The van der Waals surface area contributed by atoms with Crippen LogP contribution in [0.4, 0.5) is 0 Å². The Bertz CT molecular complexity index is 380. The van der Waals surface area contributed by atoms with Crippen LogP contribution in [-0.2, 0) is 6.54 Å². The molecule has 2 nitrogen and oxygen atoms in total. The van der Waals surface area contributed by atoms with Crippen molar-refractivity contribution in [1.29, 1.82) is 0 Å². The third-order valence-electron chi connectivity index (χ3n) is 3.92. The van der Waals surface area contributed by atoms with Crippen molar-refractivity contribution in [2.45, 2.75) is 45.2 Å². The fourth-order valence-electron chi connectivity index (χ4n) is 2.51. The van der Waals surface area contributed by atoms with E-state index < -0.39 is 0 Å². The number of aryl methyl sites for hydroxylation is 1. The van der Waals surface area contributed by atoms with E-state index in [1.807, 2.05) is 11.3 Å². The first-order valence-electron chi connectivity index (χ1n) is 7.31. The molecule has 100 valence electrons. The van der Waals surface area contributed by atoms with Gasteiger partial charge in [-0.05, 0) is 50.7 Å². The minimum absolute atomic E-state index is 0.927. The molecule has 3 rings (SSSR count). The molecular formula is C15H24N2S. The van der Waals surface area contributed by atoms with E-state index in [-0.39, 0.29) is 0 Å². The van der Waals surface area contributed by atoms with E-state index in [4.69, 9.17) is 0 Å². The van der Waals surface area contributed by atoms with Crippen LogP contribution in [-0.4, -0.2) is 30.6 Å². The molecule has 2 aliphatic rings. The van der Waals surface area contributed by atoms with Gasteiger partial charge in [-0.1, -0.05) is 0 Å². The minimum Gasteiger partial charge on any atom is -0.311 e. The lowest BCUT2D eigenvalue weighted by Crippen LogP contribution is -2.35. The van der Waals surface area contributed by atoms with Crippen molar-refractivity contribution < 1.29 is 0 Å². The van der Waals surface area contributed by atoms with Crippen LogP contribution in [0.15, 0.2) is 12.1 Å². The molecule has 0 aliphatic heterocycles. The van der Waals surface area contributed by atoms with Gasteiger partial charge < -0.3 is 5.32 Å². The summed E-state index contributed by atoms with van der Waals surface area (Å²) >= 11 is 1.91. The second-order valence-corrected chi connectivity index (χ2v) is 7.23. The quantitative estimate of drug-likeness (QED) is 0.726. The first kappa shape index (κ1) is 12.6. The molecule has 2 saturated carbocycles. The average molecular weight is 264 g/mol. The smallest absolute Gasteiger partial charge is 0.0300 e. The van der Waals surface area contributed by atoms with Crippen molar-refractivity contribution in [2.24, 2.45) is 5.92 Å². The van der Waals surface area contributed by atoms with Gasteiger partial charge in [-0.25, -0.2) is 0 Å². The number of thiophene rings is 1. The summed E-state index contributed by atoms with van der Waals surface area (Å²) in [6, 6.07) is 5.39. The van der Waals surface area contributed by atoms with Crippen LogP contribution in [0.2, 0.25) is 0 Å². The molecule has 1 heterocycles. The first-order valence-corrected chi connectivity index (χ1v) is 8.13. The molecule has 0 atom stereocenters. The van der Waals surface area contributed by atoms with E-state index in [9.17, 15) is 0 Å². The zero-order valence-electron chi connectivity index (χ0n) is 11.3. The fourth-order valence-corrected chi connectivity index (χ4v) is 3.37.